The number of aliphatic imine (C=N–C) groups is 1. The van der Waals surface area contributed by atoms with Crippen molar-refractivity contribution < 1.29 is 4.79 Å². The van der Waals surface area contributed by atoms with Gasteiger partial charge in [0.25, 0.3) is 0 Å². The first kappa shape index (κ1) is 26.3. The van der Waals surface area contributed by atoms with Crippen LogP contribution in [0.25, 0.3) is 5.70 Å². The van der Waals surface area contributed by atoms with Gasteiger partial charge in [-0.3, -0.25) is 9.79 Å². The molecule has 0 heterocycles. The maximum absolute atomic E-state index is 10.6. The quantitative estimate of drug-likeness (QED) is 0.238. The fourth-order valence-corrected chi connectivity index (χ4v) is 2.16. The van der Waals surface area contributed by atoms with E-state index in [0.29, 0.717) is 5.56 Å². The molecule has 1 aliphatic carbocycles. The number of carbonyl (C=O) groups is 1. The summed E-state index contributed by atoms with van der Waals surface area (Å²) in [5, 5.41) is 0. The molecule has 0 amide bonds. The molecule has 1 fully saturated rings. The number of hydrogen-bond acceptors (Lipinski definition) is 2. The van der Waals surface area contributed by atoms with Gasteiger partial charge in [-0.1, -0.05) is 110 Å². The lowest BCUT2D eigenvalue weighted by molar-refractivity contribution is 0.112. The molecule has 0 atom stereocenters. The van der Waals surface area contributed by atoms with Crippen LogP contribution in [0.1, 0.15) is 115 Å². The van der Waals surface area contributed by atoms with Gasteiger partial charge in [0.1, 0.15) is 6.29 Å². The molecule has 0 aromatic heterocycles. The topological polar surface area (TPSA) is 29.4 Å². The minimum atomic E-state index is 0.678. The molecule has 2 rings (SSSR count). The Morgan fingerprint density at radius 1 is 1.04 bits per heavy atom. The molecule has 0 bridgehead atoms. The molecule has 0 aliphatic heterocycles. The number of carbonyl (C=O) groups excluding carboxylic acids is 1. The van der Waals surface area contributed by atoms with Gasteiger partial charge in [0.2, 0.25) is 0 Å². The number of aldehydes is 1. The highest BCUT2D eigenvalue weighted by Gasteiger charge is 1.99. The zero-order valence-corrected chi connectivity index (χ0v) is 19.1. The van der Waals surface area contributed by atoms with Crippen molar-refractivity contribution in [3.8, 4) is 0 Å². The van der Waals surface area contributed by atoms with Crippen molar-refractivity contribution in [3.05, 3.63) is 42.0 Å². The van der Waals surface area contributed by atoms with Crippen molar-refractivity contribution >= 4 is 17.7 Å². The van der Waals surface area contributed by atoms with Gasteiger partial charge in [0, 0.05) is 11.3 Å². The lowest BCUT2D eigenvalue weighted by Gasteiger charge is -2.05. The van der Waals surface area contributed by atoms with E-state index in [4.69, 9.17) is 0 Å². The standard InChI is InChI=1S/C17H23NO.C5H12.C4H8/c1-4-5-6-7-8-14(2)18-15(3)17-11-9-16(13-19)10-12-17;1-4-5(2)3;1-2-4-3-1/h9-13H,3-8H2,1-2H3;5H,4H2,1-3H3;1-4H2. The maximum atomic E-state index is 10.6. The molecular weight excluding hydrogens is 342 g/mol. The first-order valence-corrected chi connectivity index (χ1v) is 11.2. The van der Waals surface area contributed by atoms with Crippen LogP contribution >= 0.6 is 0 Å². The number of benzene rings is 1. The summed E-state index contributed by atoms with van der Waals surface area (Å²) in [6.45, 7) is 14.9. The van der Waals surface area contributed by atoms with Gasteiger partial charge in [-0.15, -0.1) is 0 Å². The normalized spacial score (nSPS) is 12.9. The van der Waals surface area contributed by atoms with Gasteiger partial charge < -0.3 is 0 Å². The zero-order valence-electron chi connectivity index (χ0n) is 19.1. The SMILES string of the molecule is C1CCC1.C=C(N=C(C)CCCCCC)c1ccc(C=O)cc1.CCC(C)C. The van der Waals surface area contributed by atoms with Gasteiger partial charge >= 0.3 is 0 Å². The molecule has 0 spiro atoms. The highest BCUT2D eigenvalue weighted by atomic mass is 16.1. The summed E-state index contributed by atoms with van der Waals surface area (Å²) in [4.78, 5) is 15.1. The van der Waals surface area contributed by atoms with E-state index in [9.17, 15) is 4.79 Å². The number of nitrogens with zero attached hydrogens (tertiary/aromatic N) is 1. The predicted molar refractivity (Wildman–Crippen MR) is 126 cm³/mol. The fourth-order valence-electron chi connectivity index (χ4n) is 2.16. The van der Waals surface area contributed by atoms with Crippen molar-refractivity contribution in [2.75, 3.05) is 0 Å². The summed E-state index contributed by atoms with van der Waals surface area (Å²) in [5.41, 5.74) is 3.54. The Balaban J connectivity index is 0.000000662. The zero-order chi connectivity index (χ0) is 21.2. The molecule has 2 heteroatoms. The second-order valence-electron chi connectivity index (χ2n) is 8.06. The van der Waals surface area contributed by atoms with Crippen LogP contribution in [0.3, 0.4) is 0 Å². The van der Waals surface area contributed by atoms with E-state index >= 15 is 0 Å². The predicted octanol–water partition coefficient (Wildman–Crippen LogP) is 8.51. The summed E-state index contributed by atoms with van der Waals surface area (Å²) in [7, 11) is 0. The Kier molecular flexibility index (Phi) is 16.3. The highest BCUT2D eigenvalue weighted by Crippen LogP contribution is 2.16. The van der Waals surface area contributed by atoms with E-state index in [0.717, 1.165) is 35.6 Å². The molecular formula is C26H43NO. The summed E-state index contributed by atoms with van der Waals surface area (Å²) in [6.07, 6.45) is 14.2. The van der Waals surface area contributed by atoms with Crippen LogP contribution in [0.2, 0.25) is 0 Å². The minimum absolute atomic E-state index is 0.678. The van der Waals surface area contributed by atoms with Gasteiger partial charge in [0.05, 0.1) is 5.70 Å². The summed E-state index contributed by atoms with van der Waals surface area (Å²) in [5.74, 6) is 0.884. The minimum Gasteiger partial charge on any atom is -0.298 e. The van der Waals surface area contributed by atoms with Crippen LogP contribution in [-0.2, 0) is 0 Å². The lowest BCUT2D eigenvalue weighted by Crippen LogP contribution is -1.93. The van der Waals surface area contributed by atoms with Crippen LogP contribution in [0.4, 0.5) is 0 Å². The Morgan fingerprint density at radius 2 is 1.57 bits per heavy atom. The van der Waals surface area contributed by atoms with Gasteiger partial charge in [0.15, 0.2) is 0 Å². The van der Waals surface area contributed by atoms with Crippen molar-refractivity contribution in [1.29, 1.82) is 0 Å². The Hall–Kier alpha value is -1.70. The maximum Gasteiger partial charge on any atom is 0.150 e. The third kappa shape index (κ3) is 14.4. The van der Waals surface area contributed by atoms with E-state index in [2.05, 4.69) is 46.2 Å². The third-order valence-corrected chi connectivity index (χ3v) is 4.91. The number of unbranched alkanes of at least 4 members (excludes halogenated alkanes) is 3. The smallest absolute Gasteiger partial charge is 0.150 e. The van der Waals surface area contributed by atoms with Crippen LogP contribution in [0.5, 0.6) is 0 Å². The molecule has 1 aliphatic rings. The number of hydrogen-bond donors (Lipinski definition) is 0. The first-order chi connectivity index (χ1) is 13.4. The Bertz CT molecular complexity index is 546. The number of rotatable bonds is 9. The third-order valence-electron chi connectivity index (χ3n) is 4.91. The van der Waals surface area contributed by atoms with Crippen LogP contribution in [-0.4, -0.2) is 12.0 Å². The monoisotopic (exact) mass is 385 g/mol. The first-order valence-electron chi connectivity index (χ1n) is 11.2. The fraction of sp³-hybridized carbons (Fsp3) is 0.615. The molecule has 2 nitrogen and oxygen atoms in total. The van der Waals surface area contributed by atoms with Crippen molar-refractivity contribution in [2.45, 2.75) is 98.8 Å². The Labute approximate surface area is 174 Å². The Morgan fingerprint density at radius 3 is 1.96 bits per heavy atom. The molecule has 1 aromatic rings. The summed E-state index contributed by atoms with van der Waals surface area (Å²) in [6, 6.07) is 7.36. The van der Waals surface area contributed by atoms with Crippen molar-refractivity contribution in [3.63, 3.8) is 0 Å². The second kappa shape index (κ2) is 17.4. The summed E-state index contributed by atoms with van der Waals surface area (Å²) >= 11 is 0. The molecule has 0 N–H and O–H groups in total. The van der Waals surface area contributed by atoms with E-state index in [-0.39, 0.29) is 0 Å². The molecule has 0 saturated heterocycles. The molecule has 0 radical (unpaired) electrons. The summed E-state index contributed by atoms with van der Waals surface area (Å²) < 4.78 is 0. The molecule has 1 saturated carbocycles. The van der Waals surface area contributed by atoms with Crippen LogP contribution in [0.15, 0.2) is 35.8 Å². The molecule has 0 unspecified atom stereocenters. The van der Waals surface area contributed by atoms with E-state index < -0.39 is 0 Å². The van der Waals surface area contributed by atoms with Crippen molar-refractivity contribution in [2.24, 2.45) is 10.9 Å². The molecule has 28 heavy (non-hydrogen) atoms. The average Bonchev–Trinajstić information content (AvgIpc) is 2.64. The largest absolute Gasteiger partial charge is 0.298 e. The van der Waals surface area contributed by atoms with Crippen LogP contribution in [0, 0.1) is 5.92 Å². The van der Waals surface area contributed by atoms with Crippen molar-refractivity contribution in [1.82, 2.24) is 0 Å². The van der Waals surface area contributed by atoms with Crippen LogP contribution < -0.4 is 0 Å². The van der Waals surface area contributed by atoms with E-state index in [1.807, 2.05) is 12.1 Å². The molecule has 1 aromatic carbocycles. The molecule has 158 valence electrons. The average molecular weight is 386 g/mol. The van der Waals surface area contributed by atoms with E-state index in [1.165, 1.54) is 57.8 Å². The second-order valence-corrected chi connectivity index (χ2v) is 8.06. The highest BCUT2D eigenvalue weighted by molar-refractivity contribution is 5.87. The van der Waals surface area contributed by atoms with Gasteiger partial charge in [-0.25, -0.2) is 0 Å². The van der Waals surface area contributed by atoms with Gasteiger partial charge in [-0.05, 0) is 31.2 Å². The van der Waals surface area contributed by atoms with Gasteiger partial charge in [-0.2, -0.15) is 0 Å². The lowest BCUT2D eigenvalue weighted by atomic mass is 10.0. The van der Waals surface area contributed by atoms with E-state index in [1.54, 1.807) is 12.1 Å².